The maximum absolute atomic E-state index is 11.8. The Morgan fingerprint density at radius 3 is 2.26 bits per heavy atom. The zero-order valence-corrected chi connectivity index (χ0v) is 12.3. The molecule has 0 aliphatic rings. The maximum Gasteiger partial charge on any atom is 0.299 e. The summed E-state index contributed by atoms with van der Waals surface area (Å²) in [4.78, 5) is 0. The lowest BCUT2D eigenvalue weighted by Crippen LogP contribution is -2.43. The molecule has 0 saturated heterocycles. The third kappa shape index (κ3) is 6.42. The normalized spacial score (nSPS) is 12.2. The summed E-state index contributed by atoms with van der Waals surface area (Å²) in [5.41, 5.74) is 5.26. The smallest absolute Gasteiger partial charge is 0.299 e. The molecule has 0 unspecified atom stereocenters. The standard InChI is InChI=1S/C12H21N3O3S/c1-12(2,3)15-19(16,17)14-10-4-6-11(7-5-10)18-9-8-13/h4-7,14-15H,8-9,13H2,1-3H3. The van der Waals surface area contributed by atoms with Crippen LogP contribution in [0.4, 0.5) is 5.69 Å². The summed E-state index contributed by atoms with van der Waals surface area (Å²) in [7, 11) is -3.58. The van der Waals surface area contributed by atoms with E-state index in [1.807, 2.05) is 0 Å². The fraction of sp³-hybridized carbons (Fsp3) is 0.500. The first-order valence-electron chi connectivity index (χ1n) is 5.96. The molecule has 0 aliphatic heterocycles. The van der Waals surface area contributed by atoms with Crippen LogP contribution >= 0.6 is 0 Å². The van der Waals surface area contributed by atoms with E-state index in [2.05, 4.69) is 9.44 Å². The van der Waals surface area contributed by atoms with Crippen molar-refractivity contribution in [3.05, 3.63) is 24.3 Å². The van der Waals surface area contributed by atoms with E-state index in [0.717, 1.165) is 0 Å². The Labute approximate surface area is 114 Å². The van der Waals surface area contributed by atoms with Crippen LogP contribution in [0.1, 0.15) is 20.8 Å². The highest BCUT2D eigenvalue weighted by atomic mass is 32.2. The molecule has 6 nitrogen and oxygen atoms in total. The van der Waals surface area contributed by atoms with Crippen LogP contribution < -0.4 is 19.9 Å². The van der Waals surface area contributed by atoms with Gasteiger partial charge in [0.05, 0.1) is 5.69 Å². The number of benzene rings is 1. The van der Waals surface area contributed by atoms with Crippen LogP contribution in [0.25, 0.3) is 0 Å². The third-order valence-corrected chi connectivity index (χ3v) is 3.32. The highest BCUT2D eigenvalue weighted by Crippen LogP contribution is 2.16. The fourth-order valence-corrected chi connectivity index (χ4v) is 2.68. The predicted octanol–water partition coefficient (Wildman–Crippen LogP) is 1.07. The number of anilines is 1. The zero-order chi connectivity index (χ0) is 14.5. The topological polar surface area (TPSA) is 93.5 Å². The quantitative estimate of drug-likeness (QED) is 0.729. The Hall–Kier alpha value is -1.31. The largest absolute Gasteiger partial charge is 0.492 e. The molecule has 0 aliphatic carbocycles. The SMILES string of the molecule is CC(C)(C)NS(=O)(=O)Nc1ccc(OCCN)cc1. The molecule has 108 valence electrons. The van der Waals surface area contributed by atoms with Crippen molar-refractivity contribution >= 4 is 15.9 Å². The lowest BCUT2D eigenvalue weighted by Gasteiger charge is -2.20. The van der Waals surface area contributed by atoms with E-state index >= 15 is 0 Å². The highest BCUT2D eigenvalue weighted by molar-refractivity contribution is 7.90. The van der Waals surface area contributed by atoms with Gasteiger partial charge in [-0.25, -0.2) is 0 Å². The molecule has 7 heteroatoms. The summed E-state index contributed by atoms with van der Waals surface area (Å²) in [5.74, 6) is 0.650. The molecule has 0 atom stereocenters. The average Bonchev–Trinajstić information content (AvgIpc) is 2.24. The molecule has 0 radical (unpaired) electrons. The van der Waals surface area contributed by atoms with Crippen LogP contribution in [0.3, 0.4) is 0 Å². The van der Waals surface area contributed by atoms with E-state index in [1.54, 1.807) is 45.0 Å². The van der Waals surface area contributed by atoms with Crippen LogP contribution in [0, 0.1) is 0 Å². The Bertz CT molecular complexity index is 492. The van der Waals surface area contributed by atoms with Gasteiger partial charge in [-0.3, -0.25) is 4.72 Å². The van der Waals surface area contributed by atoms with Gasteiger partial charge < -0.3 is 10.5 Å². The van der Waals surface area contributed by atoms with Gasteiger partial charge in [-0.05, 0) is 45.0 Å². The van der Waals surface area contributed by atoms with Crippen molar-refractivity contribution in [2.45, 2.75) is 26.3 Å². The van der Waals surface area contributed by atoms with E-state index in [4.69, 9.17) is 10.5 Å². The van der Waals surface area contributed by atoms with Gasteiger partial charge in [-0.15, -0.1) is 0 Å². The number of nitrogens with one attached hydrogen (secondary N) is 2. The summed E-state index contributed by atoms with van der Waals surface area (Å²) in [5, 5.41) is 0. The molecule has 0 spiro atoms. The number of nitrogens with two attached hydrogens (primary N) is 1. The Morgan fingerprint density at radius 2 is 1.79 bits per heavy atom. The molecular weight excluding hydrogens is 266 g/mol. The maximum atomic E-state index is 11.8. The Morgan fingerprint density at radius 1 is 1.21 bits per heavy atom. The van der Waals surface area contributed by atoms with Crippen molar-refractivity contribution < 1.29 is 13.2 Å². The van der Waals surface area contributed by atoms with Crippen LogP contribution in [-0.4, -0.2) is 27.1 Å². The monoisotopic (exact) mass is 287 g/mol. The molecule has 1 aromatic rings. The van der Waals surface area contributed by atoms with E-state index in [9.17, 15) is 8.42 Å². The number of ether oxygens (including phenoxy) is 1. The van der Waals surface area contributed by atoms with E-state index in [0.29, 0.717) is 24.6 Å². The van der Waals surface area contributed by atoms with Crippen LogP contribution in [-0.2, 0) is 10.2 Å². The summed E-state index contributed by atoms with van der Waals surface area (Å²) >= 11 is 0. The Balaban J connectivity index is 2.67. The average molecular weight is 287 g/mol. The first kappa shape index (κ1) is 15.7. The van der Waals surface area contributed by atoms with E-state index in [-0.39, 0.29) is 0 Å². The molecule has 4 N–H and O–H groups in total. The molecule has 0 aromatic heterocycles. The second-order valence-corrected chi connectivity index (χ2v) is 6.53. The molecule has 0 amide bonds. The van der Waals surface area contributed by atoms with E-state index < -0.39 is 15.7 Å². The van der Waals surface area contributed by atoms with Crippen molar-refractivity contribution in [1.82, 2.24) is 4.72 Å². The second kappa shape index (κ2) is 6.23. The van der Waals surface area contributed by atoms with Crippen molar-refractivity contribution in [3.8, 4) is 5.75 Å². The fourth-order valence-electron chi connectivity index (χ4n) is 1.38. The van der Waals surface area contributed by atoms with Gasteiger partial charge in [0.15, 0.2) is 0 Å². The number of hydrogen-bond donors (Lipinski definition) is 3. The second-order valence-electron chi connectivity index (χ2n) is 5.12. The summed E-state index contributed by atoms with van der Waals surface area (Å²) in [6.07, 6.45) is 0. The molecule has 19 heavy (non-hydrogen) atoms. The molecule has 1 aromatic carbocycles. The first-order valence-corrected chi connectivity index (χ1v) is 7.45. The van der Waals surface area contributed by atoms with Crippen LogP contribution in [0.15, 0.2) is 24.3 Å². The van der Waals surface area contributed by atoms with Crippen molar-refractivity contribution in [3.63, 3.8) is 0 Å². The summed E-state index contributed by atoms with van der Waals surface area (Å²) in [6, 6.07) is 6.64. The highest BCUT2D eigenvalue weighted by Gasteiger charge is 2.19. The van der Waals surface area contributed by atoms with Gasteiger partial charge in [0.2, 0.25) is 0 Å². The molecular formula is C12H21N3O3S. The van der Waals surface area contributed by atoms with Gasteiger partial charge in [0, 0.05) is 12.1 Å². The minimum absolute atomic E-state index is 0.427. The third-order valence-electron chi connectivity index (χ3n) is 1.93. The van der Waals surface area contributed by atoms with Crippen LogP contribution in [0.5, 0.6) is 5.75 Å². The lowest BCUT2D eigenvalue weighted by molar-refractivity contribution is 0.328. The molecule has 0 heterocycles. The molecule has 0 fully saturated rings. The van der Waals surface area contributed by atoms with Gasteiger partial charge >= 0.3 is 0 Å². The minimum Gasteiger partial charge on any atom is -0.492 e. The zero-order valence-electron chi connectivity index (χ0n) is 11.4. The summed E-state index contributed by atoms with van der Waals surface area (Å²) < 4.78 is 33.9. The lowest BCUT2D eigenvalue weighted by atomic mass is 10.1. The number of rotatable bonds is 6. The van der Waals surface area contributed by atoms with Gasteiger partial charge in [0.25, 0.3) is 10.2 Å². The molecule has 0 saturated carbocycles. The van der Waals surface area contributed by atoms with Crippen molar-refractivity contribution in [2.24, 2.45) is 5.73 Å². The van der Waals surface area contributed by atoms with Crippen molar-refractivity contribution in [1.29, 1.82) is 0 Å². The van der Waals surface area contributed by atoms with Gasteiger partial charge in [-0.2, -0.15) is 13.1 Å². The van der Waals surface area contributed by atoms with Gasteiger partial charge in [-0.1, -0.05) is 0 Å². The number of hydrogen-bond acceptors (Lipinski definition) is 4. The minimum atomic E-state index is -3.58. The van der Waals surface area contributed by atoms with E-state index in [1.165, 1.54) is 0 Å². The van der Waals surface area contributed by atoms with Crippen molar-refractivity contribution in [2.75, 3.05) is 17.9 Å². The molecule has 1 rings (SSSR count). The summed E-state index contributed by atoms with van der Waals surface area (Å²) in [6.45, 7) is 6.18. The Kier molecular flexibility index (Phi) is 5.16. The predicted molar refractivity (Wildman–Crippen MR) is 76.4 cm³/mol. The van der Waals surface area contributed by atoms with Crippen LogP contribution in [0.2, 0.25) is 0 Å². The molecule has 0 bridgehead atoms. The first-order chi connectivity index (χ1) is 8.72. The van der Waals surface area contributed by atoms with Gasteiger partial charge in [0.1, 0.15) is 12.4 Å².